The fourth-order valence-corrected chi connectivity index (χ4v) is 2.60. The predicted octanol–water partition coefficient (Wildman–Crippen LogP) is 3.19. The molecule has 0 saturated carbocycles. The van der Waals surface area contributed by atoms with Gasteiger partial charge in [0.25, 0.3) is 0 Å². The first-order valence-corrected chi connectivity index (χ1v) is 8.31. The highest BCUT2D eigenvalue weighted by Gasteiger charge is 2.08. The van der Waals surface area contributed by atoms with Gasteiger partial charge in [0.1, 0.15) is 0 Å². The number of carbonyl (C=O) groups excluding carboxylic acids is 1. The molecule has 0 aliphatic rings. The lowest BCUT2D eigenvalue weighted by molar-refractivity contribution is -0.137. The molecule has 2 N–H and O–H groups in total. The number of rotatable bonds is 9. The van der Waals surface area contributed by atoms with Crippen molar-refractivity contribution in [1.82, 2.24) is 5.32 Å². The quantitative estimate of drug-likeness (QED) is 0.730. The molecular formula is C15H20ClNO3S. The average molecular weight is 330 g/mol. The normalized spacial score (nSPS) is 11.9. The van der Waals surface area contributed by atoms with Crippen molar-refractivity contribution in [2.45, 2.75) is 25.5 Å². The number of hydrogen-bond donors (Lipinski definition) is 2. The molecule has 1 unspecified atom stereocenters. The number of aliphatic carboxylic acids is 1. The van der Waals surface area contributed by atoms with Crippen LogP contribution in [-0.2, 0) is 15.3 Å². The molecule has 0 aliphatic carbocycles. The maximum absolute atomic E-state index is 11.7. The van der Waals surface area contributed by atoms with E-state index < -0.39 is 5.97 Å². The Morgan fingerprint density at radius 2 is 2.00 bits per heavy atom. The van der Waals surface area contributed by atoms with E-state index in [1.165, 1.54) is 0 Å². The van der Waals surface area contributed by atoms with E-state index in [9.17, 15) is 9.59 Å². The summed E-state index contributed by atoms with van der Waals surface area (Å²) in [4.78, 5) is 22.1. The van der Waals surface area contributed by atoms with Gasteiger partial charge < -0.3 is 10.4 Å². The Labute approximate surface area is 134 Å². The molecule has 0 aliphatic heterocycles. The van der Waals surface area contributed by atoms with Gasteiger partial charge in [-0.2, -0.15) is 0 Å². The molecule has 0 heterocycles. The first kappa shape index (κ1) is 17.9. The highest BCUT2D eigenvalue weighted by Crippen LogP contribution is 2.15. The van der Waals surface area contributed by atoms with Crippen molar-refractivity contribution in [2.24, 2.45) is 5.92 Å². The summed E-state index contributed by atoms with van der Waals surface area (Å²) in [6.45, 7) is 2.46. The minimum absolute atomic E-state index is 0.0175. The Bertz CT molecular complexity index is 464. The fraction of sp³-hybridized carbons (Fsp3) is 0.467. The summed E-state index contributed by atoms with van der Waals surface area (Å²) in [5.41, 5.74) is 1.13. The van der Waals surface area contributed by atoms with Crippen molar-refractivity contribution >= 4 is 35.2 Å². The SMILES string of the molecule is CC(CCC(=O)O)CNC(=O)CSCc1ccc(Cl)cc1. The fourth-order valence-electron chi connectivity index (χ4n) is 1.65. The molecule has 21 heavy (non-hydrogen) atoms. The number of benzene rings is 1. The minimum Gasteiger partial charge on any atom is -0.481 e. The standard InChI is InChI=1S/C15H20ClNO3S/c1-11(2-7-15(19)20)8-17-14(18)10-21-9-12-3-5-13(16)6-4-12/h3-6,11H,2,7-10H2,1H3,(H,17,18)(H,19,20). The van der Waals surface area contributed by atoms with Crippen molar-refractivity contribution in [3.63, 3.8) is 0 Å². The van der Waals surface area contributed by atoms with Gasteiger partial charge in [-0.3, -0.25) is 9.59 Å². The van der Waals surface area contributed by atoms with Crippen LogP contribution in [0.5, 0.6) is 0 Å². The van der Waals surface area contributed by atoms with E-state index in [0.717, 1.165) is 11.3 Å². The van der Waals surface area contributed by atoms with Gasteiger partial charge in [0.2, 0.25) is 5.91 Å². The molecule has 0 aromatic heterocycles. The highest BCUT2D eigenvalue weighted by molar-refractivity contribution is 7.99. The van der Waals surface area contributed by atoms with Gasteiger partial charge in [0.15, 0.2) is 0 Å². The first-order chi connectivity index (χ1) is 9.97. The highest BCUT2D eigenvalue weighted by atomic mass is 35.5. The number of carboxylic acid groups (broad SMARTS) is 1. The Morgan fingerprint density at radius 3 is 2.62 bits per heavy atom. The van der Waals surface area contributed by atoms with Gasteiger partial charge in [0.05, 0.1) is 5.75 Å². The smallest absolute Gasteiger partial charge is 0.303 e. The number of thioether (sulfide) groups is 1. The molecule has 0 radical (unpaired) electrons. The molecule has 116 valence electrons. The zero-order chi connectivity index (χ0) is 15.7. The monoisotopic (exact) mass is 329 g/mol. The van der Waals surface area contributed by atoms with Gasteiger partial charge in [-0.15, -0.1) is 11.8 Å². The topological polar surface area (TPSA) is 66.4 Å². The van der Waals surface area contributed by atoms with Crippen LogP contribution in [0.4, 0.5) is 0 Å². The second-order valence-electron chi connectivity index (χ2n) is 4.96. The lowest BCUT2D eigenvalue weighted by Gasteiger charge is -2.11. The molecule has 0 spiro atoms. The number of amides is 1. The summed E-state index contributed by atoms with van der Waals surface area (Å²) in [7, 11) is 0. The predicted molar refractivity (Wildman–Crippen MR) is 86.7 cm³/mol. The van der Waals surface area contributed by atoms with Crippen LogP contribution in [0.2, 0.25) is 5.02 Å². The maximum Gasteiger partial charge on any atom is 0.303 e. The van der Waals surface area contributed by atoms with E-state index in [0.29, 0.717) is 23.7 Å². The largest absolute Gasteiger partial charge is 0.481 e. The molecule has 0 fully saturated rings. The Hall–Kier alpha value is -1.20. The van der Waals surface area contributed by atoms with Crippen molar-refractivity contribution in [1.29, 1.82) is 0 Å². The molecule has 1 aromatic rings. The van der Waals surface area contributed by atoms with Gasteiger partial charge in [0, 0.05) is 23.7 Å². The minimum atomic E-state index is -0.799. The zero-order valence-electron chi connectivity index (χ0n) is 12.0. The van der Waals surface area contributed by atoms with Gasteiger partial charge in [-0.25, -0.2) is 0 Å². The van der Waals surface area contributed by atoms with Crippen LogP contribution in [0.1, 0.15) is 25.3 Å². The lowest BCUT2D eigenvalue weighted by Crippen LogP contribution is -2.29. The van der Waals surface area contributed by atoms with Crippen LogP contribution in [0.15, 0.2) is 24.3 Å². The second-order valence-corrected chi connectivity index (χ2v) is 6.38. The molecule has 0 saturated heterocycles. The summed E-state index contributed by atoms with van der Waals surface area (Å²) in [5, 5.41) is 12.1. The van der Waals surface area contributed by atoms with E-state index in [1.54, 1.807) is 11.8 Å². The summed E-state index contributed by atoms with van der Waals surface area (Å²) in [6, 6.07) is 7.56. The molecule has 1 aromatic carbocycles. The van der Waals surface area contributed by atoms with E-state index >= 15 is 0 Å². The molecule has 6 heteroatoms. The van der Waals surface area contributed by atoms with Crippen LogP contribution in [0.3, 0.4) is 0 Å². The van der Waals surface area contributed by atoms with Crippen LogP contribution in [0.25, 0.3) is 0 Å². The van der Waals surface area contributed by atoms with E-state index in [2.05, 4.69) is 5.32 Å². The molecular weight excluding hydrogens is 310 g/mol. The van der Waals surface area contributed by atoms with Crippen LogP contribution < -0.4 is 5.32 Å². The Balaban J connectivity index is 2.13. The number of halogens is 1. The average Bonchev–Trinajstić information content (AvgIpc) is 2.45. The third kappa shape index (κ3) is 8.63. The summed E-state index contributed by atoms with van der Waals surface area (Å²) >= 11 is 7.35. The third-order valence-corrected chi connectivity index (χ3v) is 4.17. The van der Waals surface area contributed by atoms with Crippen molar-refractivity contribution in [2.75, 3.05) is 12.3 Å². The molecule has 1 amide bonds. The first-order valence-electron chi connectivity index (χ1n) is 6.78. The van der Waals surface area contributed by atoms with Crippen molar-refractivity contribution in [3.05, 3.63) is 34.9 Å². The number of hydrogen-bond acceptors (Lipinski definition) is 3. The third-order valence-electron chi connectivity index (χ3n) is 2.91. The Kier molecular flexibility index (Phi) is 8.23. The lowest BCUT2D eigenvalue weighted by atomic mass is 10.1. The molecule has 0 bridgehead atoms. The number of carbonyl (C=O) groups is 2. The van der Waals surface area contributed by atoms with Crippen LogP contribution in [-0.4, -0.2) is 29.3 Å². The summed E-state index contributed by atoms with van der Waals surface area (Å²) in [6.07, 6.45) is 0.718. The molecule has 1 atom stereocenters. The molecule has 1 rings (SSSR count). The van der Waals surface area contributed by atoms with Gasteiger partial charge in [-0.05, 0) is 30.0 Å². The number of nitrogens with one attached hydrogen (secondary N) is 1. The molecule has 4 nitrogen and oxygen atoms in total. The number of carboxylic acids is 1. The second kappa shape index (κ2) is 9.68. The van der Waals surface area contributed by atoms with Gasteiger partial charge >= 0.3 is 5.97 Å². The zero-order valence-corrected chi connectivity index (χ0v) is 13.5. The maximum atomic E-state index is 11.7. The van der Waals surface area contributed by atoms with E-state index in [-0.39, 0.29) is 18.2 Å². The van der Waals surface area contributed by atoms with Gasteiger partial charge in [-0.1, -0.05) is 30.7 Å². The van der Waals surface area contributed by atoms with Crippen molar-refractivity contribution < 1.29 is 14.7 Å². The van der Waals surface area contributed by atoms with Crippen LogP contribution >= 0.6 is 23.4 Å². The van der Waals surface area contributed by atoms with Crippen molar-refractivity contribution in [3.8, 4) is 0 Å². The van der Waals surface area contributed by atoms with E-state index in [4.69, 9.17) is 16.7 Å². The Morgan fingerprint density at radius 1 is 1.33 bits per heavy atom. The summed E-state index contributed by atoms with van der Waals surface area (Å²) in [5.74, 6) is 0.516. The van der Waals surface area contributed by atoms with E-state index in [1.807, 2.05) is 31.2 Å². The summed E-state index contributed by atoms with van der Waals surface area (Å²) < 4.78 is 0. The van der Waals surface area contributed by atoms with Crippen LogP contribution in [0, 0.1) is 5.92 Å².